The first-order valence-corrected chi connectivity index (χ1v) is 7.76. The first-order valence-electron chi connectivity index (χ1n) is 7.38. The van der Waals surface area contributed by atoms with Crippen molar-refractivity contribution in [3.8, 4) is 0 Å². The largest absolute Gasteiger partial charge is 0.392 e. The average molecular weight is 302 g/mol. The quantitative estimate of drug-likeness (QED) is 0.759. The average Bonchev–Trinajstić information content (AvgIpc) is 2.44. The molecule has 0 spiro atoms. The third kappa shape index (κ3) is 4.18. The molecule has 0 radical (unpaired) electrons. The van der Waals surface area contributed by atoms with Gasteiger partial charge in [0.2, 0.25) is 0 Å². The highest BCUT2D eigenvalue weighted by Gasteiger charge is 2.29. The van der Waals surface area contributed by atoms with E-state index in [4.69, 9.17) is 17.3 Å². The second-order valence-electron chi connectivity index (χ2n) is 5.31. The monoisotopic (exact) mass is 301 g/mol. The number of rotatable bonds is 8. The highest BCUT2D eigenvalue weighted by atomic mass is 35.5. The molecule has 114 valence electrons. The minimum absolute atomic E-state index is 0.0793. The molecular formula is C16H25ClFNO. The smallest absolute Gasteiger partial charge is 0.145 e. The predicted octanol–water partition coefficient (Wildman–Crippen LogP) is 4.10. The Morgan fingerprint density at radius 1 is 1.25 bits per heavy atom. The SMILES string of the molecule is CCCC(CCC)C(O)C(CN)c1cccc(Cl)c1F. The third-order valence-corrected chi connectivity index (χ3v) is 4.14. The molecule has 0 bridgehead atoms. The maximum absolute atomic E-state index is 14.1. The zero-order valence-corrected chi connectivity index (χ0v) is 13.0. The normalized spacial score (nSPS) is 14.6. The number of nitrogens with two attached hydrogens (primary N) is 1. The zero-order valence-electron chi connectivity index (χ0n) is 12.3. The summed E-state index contributed by atoms with van der Waals surface area (Å²) >= 11 is 5.82. The Hall–Kier alpha value is -0.640. The van der Waals surface area contributed by atoms with Crippen LogP contribution in [0.3, 0.4) is 0 Å². The zero-order chi connectivity index (χ0) is 15.1. The molecule has 1 aromatic rings. The Balaban J connectivity index is 3.01. The van der Waals surface area contributed by atoms with Gasteiger partial charge in [0.15, 0.2) is 0 Å². The van der Waals surface area contributed by atoms with Crippen LogP contribution in [0.4, 0.5) is 4.39 Å². The first-order chi connectivity index (χ1) is 9.56. The Morgan fingerprint density at radius 3 is 2.35 bits per heavy atom. The summed E-state index contributed by atoms with van der Waals surface area (Å²) < 4.78 is 14.1. The summed E-state index contributed by atoms with van der Waals surface area (Å²) in [6.45, 7) is 4.39. The molecule has 0 aliphatic heterocycles. The van der Waals surface area contributed by atoms with Crippen molar-refractivity contribution in [1.29, 1.82) is 0 Å². The van der Waals surface area contributed by atoms with Crippen molar-refractivity contribution in [3.63, 3.8) is 0 Å². The molecule has 0 fully saturated rings. The summed E-state index contributed by atoms with van der Waals surface area (Å²) in [5, 5.41) is 10.7. The van der Waals surface area contributed by atoms with Gasteiger partial charge in [-0.05, 0) is 30.4 Å². The molecule has 1 aromatic carbocycles. The molecule has 0 amide bonds. The lowest BCUT2D eigenvalue weighted by Gasteiger charge is -2.29. The lowest BCUT2D eigenvalue weighted by atomic mass is 9.81. The molecule has 0 aromatic heterocycles. The fourth-order valence-electron chi connectivity index (χ4n) is 2.81. The van der Waals surface area contributed by atoms with E-state index in [1.807, 2.05) is 0 Å². The summed E-state index contributed by atoms with van der Waals surface area (Å²) in [5.41, 5.74) is 6.21. The van der Waals surface area contributed by atoms with Crippen LogP contribution < -0.4 is 5.73 Å². The Labute approximate surface area is 126 Å². The van der Waals surface area contributed by atoms with E-state index in [9.17, 15) is 9.50 Å². The minimum atomic E-state index is -0.632. The van der Waals surface area contributed by atoms with E-state index in [2.05, 4.69) is 13.8 Å². The number of aliphatic hydroxyl groups excluding tert-OH is 1. The number of benzene rings is 1. The Bertz CT molecular complexity index is 407. The second-order valence-corrected chi connectivity index (χ2v) is 5.72. The summed E-state index contributed by atoms with van der Waals surface area (Å²) in [4.78, 5) is 0. The van der Waals surface area contributed by atoms with E-state index < -0.39 is 17.8 Å². The molecular weight excluding hydrogens is 277 g/mol. The Morgan fingerprint density at radius 2 is 1.85 bits per heavy atom. The van der Waals surface area contributed by atoms with Crippen molar-refractivity contribution in [2.45, 2.75) is 51.6 Å². The van der Waals surface area contributed by atoms with E-state index in [0.717, 1.165) is 25.7 Å². The van der Waals surface area contributed by atoms with Gasteiger partial charge in [0.05, 0.1) is 11.1 Å². The summed E-state index contributed by atoms with van der Waals surface area (Å²) in [6.07, 6.45) is 3.21. The highest BCUT2D eigenvalue weighted by molar-refractivity contribution is 6.30. The molecule has 0 heterocycles. The molecule has 1 rings (SSSR count). The molecule has 0 saturated heterocycles. The molecule has 20 heavy (non-hydrogen) atoms. The third-order valence-electron chi connectivity index (χ3n) is 3.85. The van der Waals surface area contributed by atoms with Crippen LogP contribution in [0, 0.1) is 11.7 Å². The van der Waals surface area contributed by atoms with Crippen LogP contribution in [0.1, 0.15) is 51.0 Å². The standard InChI is InChI=1S/C16H25ClFNO/c1-3-6-11(7-4-2)16(20)13(10-19)12-8-5-9-14(17)15(12)18/h5,8-9,11,13,16,20H,3-4,6-7,10,19H2,1-2H3. The number of hydrogen-bond donors (Lipinski definition) is 2. The molecule has 2 atom stereocenters. The van der Waals surface area contributed by atoms with Crippen molar-refractivity contribution in [2.24, 2.45) is 11.7 Å². The Kier molecular flexibility index (Phi) is 7.49. The van der Waals surface area contributed by atoms with Crippen LogP contribution in [0.2, 0.25) is 5.02 Å². The van der Waals surface area contributed by atoms with E-state index in [1.165, 1.54) is 6.07 Å². The van der Waals surface area contributed by atoms with Crippen LogP contribution in [0.15, 0.2) is 18.2 Å². The van der Waals surface area contributed by atoms with Gasteiger partial charge in [-0.2, -0.15) is 0 Å². The molecule has 0 saturated carbocycles. The van der Waals surface area contributed by atoms with Crippen LogP contribution in [0.5, 0.6) is 0 Å². The predicted molar refractivity (Wildman–Crippen MR) is 82.5 cm³/mol. The van der Waals surface area contributed by atoms with Gasteiger partial charge in [-0.25, -0.2) is 4.39 Å². The van der Waals surface area contributed by atoms with Crippen molar-refractivity contribution >= 4 is 11.6 Å². The van der Waals surface area contributed by atoms with Crippen LogP contribution >= 0.6 is 11.6 Å². The molecule has 2 unspecified atom stereocenters. The number of aliphatic hydroxyl groups is 1. The molecule has 4 heteroatoms. The van der Waals surface area contributed by atoms with Gasteiger partial charge in [0.1, 0.15) is 5.82 Å². The van der Waals surface area contributed by atoms with Gasteiger partial charge < -0.3 is 10.8 Å². The van der Waals surface area contributed by atoms with Gasteiger partial charge >= 0.3 is 0 Å². The van der Waals surface area contributed by atoms with Gasteiger partial charge in [0.25, 0.3) is 0 Å². The van der Waals surface area contributed by atoms with E-state index in [1.54, 1.807) is 12.1 Å². The molecule has 0 aliphatic carbocycles. The first kappa shape index (κ1) is 17.4. The fourth-order valence-corrected chi connectivity index (χ4v) is 3.00. The molecule has 3 N–H and O–H groups in total. The highest BCUT2D eigenvalue weighted by Crippen LogP contribution is 2.32. The lowest BCUT2D eigenvalue weighted by Crippen LogP contribution is -2.33. The maximum atomic E-state index is 14.1. The lowest BCUT2D eigenvalue weighted by molar-refractivity contribution is 0.0711. The van der Waals surface area contributed by atoms with E-state index >= 15 is 0 Å². The fraction of sp³-hybridized carbons (Fsp3) is 0.625. The van der Waals surface area contributed by atoms with Crippen LogP contribution in [-0.4, -0.2) is 17.8 Å². The molecule has 2 nitrogen and oxygen atoms in total. The van der Waals surface area contributed by atoms with Crippen LogP contribution in [0.25, 0.3) is 0 Å². The van der Waals surface area contributed by atoms with Crippen LogP contribution in [-0.2, 0) is 0 Å². The van der Waals surface area contributed by atoms with Gasteiger partial charge in [0, 0.05) is 12.5 Å². The van der Waals surface area contributed by atoms with Crippen molar-refractivity contribution in [1.82, 2.24) is 0 Å². The van der Waals surface area contributed by atoms with Crippen molar-refractivity contribution in [3.05, 3.63) is 34.6 Å². The number of halogens is 2. The van der Waals surface area contributed by atoms with Gasteiger partial charge in [-0.15, -0.1) is 0 Å². The van der Waals surface area contributed by atoms with E-state index in [-0.39, 0.29) is 17.5 Å². The topological polar surface area (TPSA) is 46.2 Å². The molecule has 0 aliphatic rings. The van der Waals surface area contributed by atoms with Gasteiger partial charge in [-0.1, -0.05) is 50.4 Å². The second kappa shape index (κ2) is 8.60. The van der Waals surface area contributed by atoms with Crippen molar-refractivity contribution < 1.29 is 9.50 Å². The van der Waals surface area contributed by atoms with Crippen molar-refractivity contribution in [2.75, 3.05) is 6.54 Å². The summed E-state index contributed by atoms with van der Waals surface area (Å²) in [6, 6.07) is 4.87. The summed E-state index contributed by atoms with van der Waals surface area (Å²) in [5.74, 6) is -0.718. The van der Waals surface area contributed by atoms with Gasteiger partial charge in [-0.3, -0.25) is 0 Å². The number of hydrogen-bond acceptors (Lipinski definition) is 2. The minimum Gasteiger partial charge on any atom is -0.392 e. The summed E-state index contributed by atoms with van der Waals surface area (Å²) in [7, 11) is 0. The maximum Gasteiger partial charge on any atom is 0.145 e. The van der Waals surface area contributed by atoms with E-state index in [0.29, 0.717) is 5.56 Å².